The van der Waals surface area contributed by atoms with E-state index in [1.54, 1.807) is 36.4 Å². The molecule has 4 aliphatic heterocycles. The summed E-state index contributed by atoms with van der Waals surface area (Å²) in [6, 6.07) is 33.6. The Morgan fingerprint density at radius 3 is 1.58 bits per heavy atom. The summed E-state index contributed by atoms with van der Waals surface area (Å²) in [4.78, 5) is 93.3. The van der Waals surface area contributed by atoms with Crippen LogP contribution in [-0.4, -0.2) is 116 Å². The predicted molar refractivity (Wildman–Crippen MR) is 246 cm³/mol. The van der Waals surface area contributed by atoms with E-state index in [0.717, 1.165) is 56.2 Å². The lowest BCUT2D eigenvalue weighted by Crippen LogP contribution is -2.37. The number of benzene rings is 4. The Kier molecular flexibility index (Phi) is 14.9. The molecule has 18 nitrogen and oxygen atoms in total. The van der Waals surface area contributed by atoms with Crippen molar-refractivity contribution in [2.45, 2.75) is 39.4 Å². The van der Waals surface area contributed by atoms with Gasteiger partial charge < -0.3 is 21.3 Å². The van der Waals surface area contributed by atoms with Crippen molar-refractivity contribution in [3.8, 4) is 0 Å². The highest BCUT2D eigenvalue weighted by Crippen LogP contribution is 2.31. The third kappa shape index (κ3) is 10.7. The van der Waals surface area contributed by atoms with Crippen molar-refractivity contribution in [1.29, 1.82) is 0 Å². The Bertz CT molecular complexity index is 2680. The number of imide groups is 2. The van der Waals surface area contributed by atoms with E-state index in [-0.39, 0.29) is 29.3 Å². The molecule has 4 aromatic carbocycles. The first-order valence-electron chi connectivity index (χ1n) is 21.8. The van der Waals surface area contributed by atoms with Crippen LogP contribution in [0.5, 0.6) is 0 Å². The number of amides is 4. The molecule has 4 atom stereocenters. The highest BCUT2D eigenvalue weighted by atomic mass is 16.5. The number of amidine groups is 1. The zero-order valence-corrected chi connectivity index (χ0v) is 37.4. The van der Waals surface area contributed by atoms with E-state index >= 15 is 0 Å². The third-order valence-electron chi connectivity index (χ3n) is 12.3. The molecule has 1 aromatic heterocycles. The maximum absolute atomic E-state index is 12.7. The van der Waals surface area contributed by atoms with Gasteiger partial charge in [-0.05, 0) is 47.2 Å². The topological polar surface area (TPSA) is 248 Å². The zero-order chi connectivity index (χ0) is 47.8. The van der Waals surface area contributed by atoms with Crippen LogP contribution in [0, 0.1) is 17.8 Å². The van der Waals surface area contributed by atoms with E-state index < -0.39 is 47.5 Å². The molecule has 9 rings (SSSR count). The van der Waals surface area contributed by atoms with Crippen LogP contribution in [-0.2, 0) is 34.0 Å². The van der Waals surface area contributed by atoms with E-state index in [9.17, 15) is 33.6 Å². The number of likely N-dealkylation sites (tertiary alicyclic amines) is 2. The number of nitrogens with one attached hydrogen (secondary N) is 1. The molecule has 0 bridgehead atoms. The minimum Gasteiger partial charge on any atom is -0.463 e. The Labute approximate surface area is 386 Å². The number of Topliss-reactive ketones (excluding diaryl/α,β-unsaturated/α-hetero) is 1. The summed E-state index contributed by atoms with van der Waals surface area (Å²) < 4.78 is 4.23. The van der Waals surface area contributed by atoms with Crippen molar-refractivity contribution in [2.75, 3.05) is 39.8 Å². The quantitative estimate of drug-likeness (QED) is 0.0328. The number of nitrogens with two attached hydrogens (primary N) is 2. The van der Waals surface area contributed by atoms with Crippen LogP contribution in [0.3, 0.4) is 0 Å². The Balaban J connectivity index is 0.000000162. The van der Waals surface area contributed by atoms with Gasteiger partial charge in [0, 0.05) is 51.1 Å². The zero-order valence-electron chi connectivity index (χ0n) is 37.4. The first kappa shape index (κ1) is 47.3. The number of aromatic amines is 1. The number of nitrogens with zero attached hydrogens (tertiary/aromatic N) is 7. The molecule has 4 amide bonds. The number of H-pyrrole nitrogens is 1. The van der Waals surface area contributed by atoms with Gasteiger partial charge in [-0.3, -0.25) is 48.4 Å². The number of rotatable bonds is 11. The van der Waals surface area contributed by atoms with Crippen LogP contribution in [0.2, 0.25) is 0 Å². The van der Waals surface area contributed by atoms with E-state index in [0.29, 0.717) is 40.5 Å². The highest BCUT2D eigenvalue weighted by Gasteiger charge is 2.39. The summed E-state index contributed by atoms with van der Waals surface area (Å²) in [5.74, 6) is 3.56. The fraction of sp³-hybridized carbons (Fsp3) is 0.306. The number of carbonyl (C=O) groups excluding carboxylic acids is 6. The molecule has 5 aromatic rings. The smallest absolute Gasteiger partial charge is 0.376 e. The number of hydrazone groups is 1. The summed E-state index contributed by atoms with van der Waals surface area (Å²) >= 11 is 0. The molecule has 67 heavy (non-hydrogen) atoms. The van der Waals surface area contributed by atoms with Gasteiger partial charge in [0.1, 0.15) is 17.4 Å². The molecule has 0 unspecified atom stereocenters. The normalized spacial score (nSPS) is 20.2. The minimum atomic E-state index is -1.08. The van der Waals surface area contributed by atoms with Crippen LogP contribution in [0.15, 0.2) is 119 Å². The summed E-state index contributed by atoms with van der Waals surface area (Å²) in [6.45, 7) is 9.04. The molecule has 0 spiro atoms. The Morgan fingerprint density at radius 1 is 0.642 bits per heavy atom. The second-order valence-electron chi connectivity index (χ2n) is 17.0. The first-order chi connectivity index (χ1) is 32.3. The first-order valence-corrected chi connectivity index (χ1v) is 21.8. The third-order valence-corrected chi connectivity index (χ3v) is 12.3. The van der Waals surface area contributed by atoms with Gasteiger partial charge in [-0.25, -0.2) is 4.79 Å². The fourth-order valence-electron chi connectivity index (χ4n) is 8.79. The predicted octanol–water partition coefficient (Wildman–Crippen LogP) is 3.21. The number of esters is 1. The van der Waals surface area contributed by atoms with E-state index in [4.69, 9.17) is 11.6 Å². The van der Waals surface area contributed by atoms with Gasteiger partial charge in [-0.15, -0.1) is 10.2 Å². The standard InChI is InChI=1S/C24H23N5O3.C13H20N4.C12H9NO5/c1-15-11-28(12-16-7-3-2-4-8-16)13-19(15)21-25-22(30)20(26-27-21)14-29-23(31)17-9-5-6-10-18(17)24(29)32;1-10-7-17(9-12(10)13(14)16-15)8-11-5-3-2-4-6-11;1-18-12(17)9(14)6-13-10(15)7-4-2-3-5-8(7)11(13)16/h2-10,15,19H,11-14H2,1H3,(H,25,27,30);2-6,10,12H,7-9,15H2,1H3,(H2,14,16);2-5H,6H2,1H3/t15-,19-;10-,12-;/m11./s1. The fourth-order valence-corrected chi connectivity index (χ4v) is 8.79. The molecular formula is C49H52N10O8. The summed E-state index contributed by atoms with van der Waals surface area (Å²) in [6.07, 6.45) is 0. The number of hydrogen-bond donors (Lipinski definition) is 3. The lowest BCUT2D eigenvalue weighted by molar-refractivity contribution is -0.151. The van der Waals surface area contributed by atoms with E-state index in [2.05, 4.69) is 85.1 Å². The number of ether oxygens (including phenoxy) is 1. The largest absolute Gasteiger partial charge is 0.463 e. The summed E-state index contributed by atoms with van der Waals surface area (Å²) in [5, 5.41) is 12.0. The second-order valence-corrected chi connectivity index (χ2v) is 17.0. The Morgan fingerprint density at radius 2 is 1.10 bits per heavy atom. The van der Waals surface area contributed by atoms with Gasteiger partial charge in [0.15, 0.2) is 0 Å². The van der Waals surface area contributed by atoms with Crippen molar-refractivity contribution in [3.05, 3.63) is 164 Å². The molecule has 0 aliphatic carbocycles. The van der Waals surface area contributed by atoms with Gasteiger partial charge in [-0.2, -0.15) is 5.10 Å². The number of hydrogen-bond acceptors (Lipinski definition) is 14. The molecule has 2 fully saturated rings. The average molecular weight is 909 g/mol. The van der Waals surface area contributed by atoms with Gasteiger partial charge in [0.25, 0.3) is 35.0 Å². The van der Waals surface area contributed by atoms with Crippen molar-refractivity contribution in [2.24, 2.45) is 34.4 Å². The number of ketones is 1. The number of carbonyl (C=O) groups is 6. The van der Waals surface area contributed by atoms with Crippen LogP contribution >= 0.6 is 0 Å². The number of aromatic nitrogens is 3. The van der Waals surface area contributed by atoms with Crippen LogP contribution in [0.1, 0.15) is 83.8 Å². The SMILES string of the molecule is COC(=O)C(=O)CN1C(=O)c2ccccc2C1=O.C[C@@H]1CN(Cc2ccccc2)C[C@H]1C(N)=NN.C[C@@H]1CN(Cc2ccccc2)C[C@H]1c1nnc(CN2C(=O)c3ccccc3C2=O)c(=O)[nH]1. The van der Waals surface area contributed by atoms with Crippen LogP contribution < -0.4 is 17.1 Å². The molecule has 5 heterocycles. The highest BCUT2D eigenvalue weighted by molar-refractivity contribution is 6.36. The van der Waals surface area contributed by atoms with Crippen LogP contribution in [0.4, 0.5) is 0 Å². The average Bonchev–Trinajstić information content (AvgIpc) is 4.04. The molecular weight excluding hydrogens is 857 g/mol. The maximum Gasteiger partial charge on any atom is 0.376 e. The van der Waals surface area contributed by atoms with E-state index in [1.165, 1.54) is 23.3 Å². The number of fused-ring (bicyclic) bond motifs is 2. The van der Waals surface area contributed by atoms with Crippen molar-refractivity contribution < 1.29 is 33.5 Å². The summed E-state index contributed by atoms with van der Waals surface area (Å²) in [7, 11) is 1.06. The molecule has 2 saturated heterocycles. The summed E-state index contributed by atoms with van der Waals surface area (Å²) in [5.41, 5.74) is 9.20. The van der Waals surface area contributed by atoms with Gasteiger partial charge in [0.05, 0.1) is 42.5 Å². The number of methoxy groups -OCH3 is 1. The second kappa shape index (κ2) is 21.1. The molecule has 4 aliphatic rings. The maximum atomic E-state index is 12.7. The molecule has 5 N–H and O–H groups in total. The molecule has 18 heteroatoms. The van der Waals surface area contributed by atoms with E-state index in [1.807, 2.05) is 24.3 Å². The lowest BCUT2D eigenvalue weighted by Gasteiger charge is -2.16. The van der Waals surface area contributed by atoms with Gasteiger partial charge >= 0.3 is 5.97 Å². The van der Waals surface area contributed by atoms with Crippen molar-refractivity contribution >= 4 is 41.2 Å². The monoisotopic (exact) mass is 908 g/mol. The Hall–Kier alpha value is -7.70. The molecule has 0 saturated carbocycles. The van der Waals surface area contributed by atoms with Gasteiger partial charge in [0.2, 0.25) is 0 Å². The van der Waals surface area contributed by atoms with Crippen LogP contribution in [0.25, 0.3) is 0 Å². The lowest BCUT2D eigenvalue weighted by atomic mass is 9.97. The molecule has 346 valence electrons. The molecule has 0 radical (unpaired) electrons. The minimum absolute atomic E-state index is 0.0510. The van der Waals surface area contributed by atoms with Crippen molar-refractivity contribution in [3.63, 3.8) is 0 Å². The van der Waals surface area contributed by atoms with Crippen molar-refractivity contribution in [1.82, 2.24) is 34.8 Å². The van der Waals surface area contributed by atoms with Gasteiger partial charge in [-0.1, -0.05) is 98.8 Å².